The van der Waals surface area contributed by atoms with Crippen molar-refractivity contribution in [1.29, 1.82) is 0 Å². The Morgan fingerprint density at radius 1 is 1.43 bits per heavy atom. The fourth-order valence-electron chi connectivity index (χ4n) is 2.19. The minimum absolute atomic E-state index is 0.0698. The molecule has 110 valence electrons. The van der Waals surface area contributed by atoms with Crippen LogP contribution >= 0.6 is 11.3 Å². The molecule has 0 aliphatic carbocycles. The number of sulfone groups is 1. The lowest BCUT2D eigenvalue weighted by Crippen LogP contribution is -2.23. The number of carbonyl (C=O) groups is 1. The molecule has 3 rings (SSSR count). The summed E-state index contributed by atoms with van der Waals surface area (Å²) in [5.74, 6) is -0.729. The summed E-state index contributed by atoms with van der Waals surface area (Å²) in [5.41, 5.74) is 1.61. The quantitative estimate of drug-likeness (QED) is 0.926. The first-order chi connectivity index (χ1) is 10.0. The van der Waals surface area contributed by atoms with Crippen molar-refractivity contribution in [1.82, 2.24) is 9.97 Å². The van der Waals surface area contributed by atoms with Gasteiger partial charge in [-0.25, -0.2) is 13.4 Å². The minimum atomic E-state index is -3.06. The molecule has 1 amide bonds. The lowest BCUT2D eigenvalue weighted by molar-refractivity contribution is -0.119. The number of aromatic nitrogens is 2. The molecule has 8 heteroatoms. The first-order valence-electron chi connectivity index (χ1n) is 6.41. The number of rotatable bonds is 3. The van der Waals surface area contributed by atoms with Crippen LogP contribution in [0.25, 0.3) is 11.3 Å². The summed E-state index contributed by atoms with van der Waals surface area (Å²) < 4.78 is 22.8. The molecule has 0 radical (unpaired) electrons. The second kappa shape index (κ2) is 5.53. The smallest absolute Gasteiger partial charge is 0.230 e. The normalized spacial score (nSPS) is 20.3. The van der Waals surface area contributed by atoms with Crippen molar-refractivity contribution in [3.05, 3.63) is 29.9 Å². The van der Waals surface area contributed by atoms with Crippen LogP contribution in [0.3, 0.4) is 0 Å². The Hall–Kier alpha value is -1.80. The summed E-state index contributed by atoms with van der Waals surface area (Å²) >= 11 is 1.31. The van der Waals surface area contributed by atoms with E-state index in [0.717, 1.165) is 11.3 Å². The Bertz CT molecular complexity index is 756. The second-order valence-corrected chi connectivity index (χ2v) is 7.96. The van der Waals surface area contributed by atoms with E-state index in [1.54, 1.807) is 12.4 Å². The Morgan fingerprint density at radius 2 is 2.29 bits per heavy atom. The van der Waals surface area contributed by atoms with E-state index in [1.165, 1.54) is 11.3 Å². The number of nitrogens with one attached hydrogen (secondary N) is 1. The molecule has 1 fully saturated rings. The van der Waals surface area contributed by atoms with Gasteiger partial charge in [0.25, 0.3) is 0 Å². The molecule has 1 atom stereocenters. The predicted octanol–water partition coefficient (Wildman–Crippen LogP) is 1.58. The van der Waals surface area contributed by atoms with E-state index in [1.807, 2.05) is 17.5 Å². The third kappa shape index (κ3) is 3.27. The molecule has 0 bridgehead atoms. The van der Waals surface area contributed by atoms with E-state index in [0.29, 0.717) is 11.6 Å². The number of amides is 1. The molecule has 0 spiro atoms. The van der Waals surface area contributed by atoms with Gasteiger partial charge >= 0.3 is 0 Å². The number of nitrogens with zero attached hydrogens (tertiary/aromatic N) is 2. The number of anilines is 1. The molecule has 1 aliphatic heterocycles. The van der Waals surface area contributed by atoms with Crippen molar-refractivity contribution < 1.29 is 13.2 Å². The highest BCUT2D eigenvalue weighted by Gasteiger charge is 2.33. The van der Waals surface area contributed by atoms with Crippen molar-refractivity contribution in [3.8, 4) is 11.3 Å². The van der Waals surface area contributed by atoms with Gasteiger partial charge in [0.1, 0.15) is 0 Å². The van der Waals surface area contributed by atoms with Gasteiger partial charge in [0.15, 0.2) is 15.0 Å². The molecule has 1 N–H and O–H groups in total. The van der Waals surface area contributed by atoms with Crippen molar-refractivity contribution >= 4 is 32.2 Å². The molecular formula is C13H13N3O3S2. The van der Waals surface area contributed by atoms with Crippen LogP contribution < -0.4 is 5.32 Å². The maximum absolute atomic E-state index is 12.0. The molecule has 6 nitrogen and oxygen atoms in total. The van der Waals surface area contributed by atoms with Crippen molar-refractivity contribution in [2.45, 2.75) is 6.42 Å². The van der Waals surface area contributed by atoms with Crippen LogP contribution in [0.5, 0.6) is 0 Å². The van der Waals surface area contributed by atoms with Gasteiger partial charge in [-0.2, -0.15) is 0 Å². The zero-order valence-electron chi connectivity index (χ0n) is 11.0. The van der Waals surface area contributed by atoms with Crippen molar-refractivity contribution in [2.75, 3.05) is 16.8 Å². The van der Waals surface area contributed by atoms with E-state index >= 15 is 0 Å². The zero-order valence-corrected chi connectivity index (χ0v) is 12.7. The van der Waals surface area contributed by atoms with Gasteiger partial charge in [-0.15, -0.1) is 11.3 Å². The average molecular weight is 323 g/mol. The van der Waals surface area contributed by atoms with Crippen LogP contribution in [-0.2, 0) is 14.6 Å². The number of thiazole rings is 1. The number of hydrogen-bond donors (Lipinski definition) is 1. The lowest BCUT2D eigenvalue weighted by Gasteiger charge is -2.06. The average Bonchev–Trinajstić information content (AvgIpc) is 3.06. The Balaban J connectivity index is 1.69. The predicted molar refractivity (Wildman–Crippen MR) is 80.7 cm³/mol. The summed E-state index contributed by atoms with van der Waals surface area (Å²) in [4.78, 5) is 20.4. The third-order valence-electron chi connectivity index (χ3n) is 3.29. The van der Waals surface area contributed by atoms with Crippen LogP contribution in [-0.4, -0.2) is 35.8 Å². The van der Waals surface area contributed by atoms with E-state index in [9.17, 15) is 13.2 Å². The first-order valence-corrected chi connectivity index (χ1v) is 9.11. The second-order valence-electron chi connectivity index (χ2n) is 4.87. The van der Waals surface area contributed by atoms with E-state index in [2.05, 4.69) is 15.3 Å². The van der Waals surface area contributed by atoms with Crippen LogP contribution in [0.1, 0.15) is 6.42 Å². The molecule has 0 unspecified atom stereocenters. The molecular weight excluding hydrogens is 310 g/mol. The highest BCUT2D eigenvalue weighted by Crippen LogP contribution is 2.26. The molecule has 2 aromatic rings. The van der Waals surface area contributed by atoms with E-state index in [4.69, 9.17) is 0 Å². The Kier molecular flexibility index (Phi) is 3.73. The largest absolute Gasteiger partial charge is 0.302 e. The monoisotopic (exact) mass is 323 g/mol. The van der Waals surface area contributed by atoms with E-state index < -0.39 is 15.8 Å². The molecule has 0 aromatic carbocycles. The van der Waals surface area contributed by atoms with Gasteiger partial charge in [0, 0.05) is 23.3 Å². The first kappa shape index (κ1) is 14.2. The molecule has 0 saturated carbocycles. The van der Waals surface area contributed by atoms with Crippen molar-refractivity contribution in [3.63, 3.8) is 0 Å². The minimum Gasteiger partial charge on any atom is -0.302 e. The standard InChI is InChI=1S/C13H13N3O3S2/c17-12(10-3-5-21(18,19)8-10)16-13-15-11(7-20-13)9-2-1-4-14-6-9/h1-2,4,6-7,10H,3,5,8H2,(H,15,16,17)/t10-/m1/s1. The van der Waals surface area contributed by atoms with Crippen LogP contribution in [0, 0.1) is 5.92 Å². The highest BCUT2D eigenvalue weighted by molar-refractivity contribution is 7.91. The van der Waals surface area contributed by atoms with Crippen LogP contribution in [0.15, 0.2) is 29.9 Å². The van der Waals surface area contributed by atoms with Gasteiger partial charge in [-0.3, -0.25) is 9.78 Å². The molecule has 3 heterocycles. The van der Waals surface area contributed by atoms with Crippen molar-refractivity contribution in [2.24, 2.45) is 5.92 Å². The van der Waals surface area contributed by atoms with Gasteiger partial charge in [-0.1, -0.05) is 0 Å². The van der Waals surface area contributed by atoms with Gasteiger partial charge in [0.2, 0.25) is 5.91 Å². The zero-order chi connectivity index (χ0) is 14.9. The molecule has 1 aliphatic rings. The van der Waals surface area contributed by atoms with Gasteiger partial charge < -0.3 is 5.32 Å². The van der Waals surface area contributed by atoms with Gasteiger partial charge in [-0.05, 0) is 18.6 Å². The number of hydrogen-bond acceptors (Lipinski definition) is 6. The summed E-state index contributed by atoms with van der Waals surface area (Å²) in [6.07, 6.45) is 3.76. The molecule has 21 heavy (non-hydrogen) atoms. The maximum atomic E-state index is 12.0. The van der Waals surface area contributed by atoms with E-state index in [-0.39, 0.29) is 17.4 Å². The topological polar surface area (TPSA) is 89.0 Å². The summed E-state index contributed by atoms with van der Waals surface area (Å²) in [5, 5.41) is 5.00. The van der Waals surface area contributed by atoms with Gasteiger partial charge in [0.05, 0.1) is 23.1 Å². The fourth-order valence-corrected chi connectivity index (χ4v) is 4.65. The summed E-state index contributed by atoms with van der Waals surface area (Å²) in [6.45, 7) is 0. The molecule has 2 aromatic heterocycles. The lowest BCUT2D eigenvalue weighted by atomic mass is 10.1. The molecule has 1 saturated heterocycles. The third-order valence-corrected chi connectivity index (χ3v) is 5.82. The Labute approximate surface area is 126 Å². The number of carbonyl (C=O) groups excluding carboxylic acids is 1. The van der Waals surface area contributed by atoms with Crippen LogP contribution in [0.2, 0.25) is 0 Å². The summed E-state index contributed by atoms with van der Waals surface area (Å²) in [7, 11) is -3.06. The number of pyridine rings is 1. The Morgan fingerprint density at radius 3 is 2.95 bits per heavy atom. The van der Waals surface area contributed by atoms with Crippen LogP contribution in [0.4, 0.5) is 5.13 Å². The fraction of sp³-hybridized carbons (Fsp3) is 0.308. The SMILES string of the molecule is O=C(Nc1nc(-c2cccnc2)cs1)[C@@H]1CCS(=O)(=O)C1. The highest BCUT2D eigenvalue weighted by atomic mass is 32.2. The summed E-state index contributed by atoms with van der Waals surface area (Å²) in [6, 6.07) is 3.70. The maximum Gasteiger partial charge on any atom is 0.230 e.